The Balaban J connectivity index is 1.55. The molecule has 3 rings (SSSR count). The first kappa shape index (κ1) is 20.7. The number of hydrogen-bond acceptors (Lipinski definition) is 6. The van der Waals surface area contributed by atoms with Gasteiger partial charge >= 0.3 is 6.09 Å². The summed E-state index contributed by atoms with van der Waals surface area (Å²) < 4.78 is 5.43. The molecule has 1 unspecified atom stereocenters. The fourth-order valence-corrected chi connectivity index (χ4v) is 3.48. The number of ether oxygens (including phenoxy) is 1. The molecule has 2 aliphatic heterocycles. The molecular weight excluding hydrogens is 374 g/mol. The van der Waals surface area contributed by atoms with Crippen LogP contribution in [0.25, 0.3) is 10.4 Å². The third-order valence-corrected chi connectivity index (χ3v) is 4.91. The molecule has 2 aliphatic rings. The zero-order chi connectivity index (χ0) is 21.0. The Morgan fingerprint density at radius 3 is 2.62 bits per heavy atom. The lowest BCUT2D eigenvalue weighted by Crippen LogP contribution is -2.50. The van der Waals surface area contributed by atoms with E-state index in [1.54, 1.807) is 16.0 Å². The Hall–Kier alpha value is -3.00. The molecule has 29 heavy (non-hydrogen) atoms. The maximum absolute atomic E-state index is 12.2. The van der Waals surface area contributed by atoms with E-state index in [4.69, 9.17) is 10.3 Å². The standard InChI is InChI=1S/C19H27N7O3/c1-19(2,3)29-18(28)25-8-6-24(7-9-25)15-4-5-16(21-12-15)26-13-14(10-17(26)27)11-22-23-20/h4-5,12,14H,6-11,13H2,1-3H3. The molecule has 1 aromatic heterocycles. The van der Waals surface area contributed by atoms with E-state index in [1.165, 1.54) is 0 Å². The summed E-state index contributed by atoms with van der Waals surface area (Å²) in [6.07, 6.45) is 1.84. The van der Waals surface area contributed by atoms with Crippen molar-refractivity contribution in [2.75, 3.05) is 49.1 Å². The summed E-state index contributed by atoms with van der Waals surface area (Å²) in [6, 6.07) is 3.78. The Morgan fingerprint density at radius 1 is 1.31 bits per heavy atom. The minimum absolute atomic E-state index is 0.00522. The number of carbonyl (C=O) groups is 2. The van der Waals surface area contributed by atoms with Crippen molar-refractivity contribution >= 4 is 23.5 Å². The Bertz CT molecular complexity index is 791. The predicted molar refractivity (Wildman–Crippen MR) is 109 cm³/mol. The SMILES string of the molecule is CC(C)(C)OC(=O)N1CCN(c2ccc(N3CC(CN=[N+]=[N-])CC3=O)nc2)CC1. The number of azide groups is 1. The van der Waals surface area contributed by atoms with Gasteiger partial charge in [0.1, 0.15) is 11.4 Å². The van der Waals surface area contributed by atoms with Crippen LogP contribution in [0.5, 0.6) is 0 Å². The highest BCUT2D eigenvalue weighted by Crippen LogP contribution is 2.26. The van der Waals surface area contributed by atoms with E-state index in [0.29, 0.717) is 51.5 Å². The second-order valence-electron chi connectivity index (χ2n) is 8.32. The minimum atomic E-state index is -0.499. The fourth-order valence-electron chi connectivity index (χ4n) is 3.48. The van der Waals surface area contributed by atoms with Crippen LogP contribution in [0.15, 0.2) is 23.4 Å². The molecule has 10 heteroatoms. The van der Waals surface area contributed by atoms with Crippen LogP contribution in [-0.2, 0) is 9.53 Å². The van der Waals surface area contributed by atoms with Crippen molar-refractivity contribution in [1.82, 2.24) is 9.88 Å². The second kappa shape index (κ2) is 8.57. The lowest BCUT2D eigenvalue weighted by molar-refractivity contribution is -0.117. The monoisotopic (exact) mass is 401 g/mol. The average Bonchev–Trinajstić information content (AvgIpc) is 3.06. The normalized spacial score (nSPS) is 19.9. The molecule has 2 saturated heterocycles. The topological polar surface area (TPSA) is 115 Å². The van der Waals surface area contributed by atoms with Gasteiger partial charge in [0, 0.05) is 50.6 Å². The highest BCUT2D eigenvalue weighted by molar-refractivity contribution is 5.94. The summed E-state index contributed by atoms with van der Waals surface area (Å²) in [4.78, 5) is 37.1. The zero-order valence-electron chi connectivity index (χ0n) is 17.1. The quantitative estimate of drug-likeness (QED) is 0.437. The van der Waals surface area contributed by atoms with Crippen LogP contribution in [0.1, 0.15) is 27.2 Å². The molecule has 2 fully saturated rings. The third kappa shape index (κ3) is 5.29. The van der Waals surface area contributed by atoms with Crippen molar-refractivity contribution in [3.8, 4) is 0 Å². The molecule has 0 radical (unpaired) electrons. The van der Waals surface area contributed by atoms with Crippen LogP contribution in [-0.4, -0.2) is 66.8 Å². The Kier molecular flexibility index (Phi) is 6.12. The first-order valence-corrected chi connectivity index (χ1v) is 9.77. The summed E-state index contributed by atoms with van der Waals surface area (Å²) in [6.45, 7) is 8.96. The number of piperazine rings is 1. The lowest BCUT2D eigenvalue weighted by atomic mass is 10.1. The highest BCUT2D eigenvalue weighted by Gasteiger charge is 2.31. The van der Waals surface area contributed by atoms with E-state index in [-0.39, 0.29) is 17.9 Å². The second-order valence-corrected chi connectivity index (χ2v) is 8.32. The number of carbonyl (C=O) groups excluding carboxylic acids is 2. The third-order valence-electron chi connectivity index (χ3n) is 4.91. The van der Waals surface area contributed by atoms with Crippen molar-refractivity contribution in [3.05, 3.63) is 28.8 Å². The van der Waals surface area contributed by atoms with E-state index in [0.717, 1.165) is 5.69 Å². The van der Waals surface area contributed by atoms with Gasteiger partial charge in [0.15, 0.2) is 0 Å². The minimum Gasteiger partial charge on any atom is -0.444 e. The van der Waals surface area contributed by atoms with E-state index in [2.05, 4.69) is 19.9 Å². The maximum Gasteiger partial charge on any atom is 0.410 e. The average molecular weight is 401 g/mol. The number of amides is 2. The lowest BCUT2D eigenvalue weighted by Gasteiger charge is -2.36. The van der Waals surface area contributed by atoms with E-state index >= 15 is 0 Å². The number of nitrogens with zero attached hydrogens (tertiary/aromatic N) is 7. The van der Waals surface area contributed by atoms with Gasteiger partial charge in [0.2, 0.25) is 5.91 Å². The van der Waals surface area contributed by atoms with Crippen LogP contribution in [0.4, 0.5) is 16.3 Å². The molecular formula is C19H27N7O3. The number of aromatic nitrogens is 1. The predicted octanol–water partition coefficient (Wildman–Crippen LogP) is 2.80. The van der Waals surface area contributed by atoms with Gasteiger partial charge in [0.25, 0.3) is 0 Å². The molecule has 1 aromatic rings. The Morgan fingerprint density at radius 2 is 2.03 bits per heavy atom. The van der Waals surface area contributed by atoms with Gasteiger partial charge in [0.05, 0.1) is 11.9 Å². The molecule has 1 atom stereocenters. The van der Waals surface area contributed by atoms with Gasteiger partial charge in [-0.05, 0) is 44.4 Å². The maximum atomic E-state index is 12.2. The van der Waals surface area contributed by atoms with Gasteiger partial charge in [-0.15, -0.1) is 0 Å². The molecule has 0 spiro atoms. The van der Waals surface area contributed by atoms with E-state index in [9.17, 15) is 9.59 Å². The van der Waals surface area contributed by atoms with Crippen LogP contribution < -0.4 is 9.80 Å². The van der Waals surface area contributed by atoms with Crippen molar-refractivity contribution in [2.24, 2.45) is 11.0 Å². The van der Waals surface area contributed by atoms with Crippen LogP contribution >= 0.6 is 0 Å². The van der Waals surface area contributed by atoms with Gasteiger partial charge in [-0.1, -0.05) is 5.11 Å². The molecule has 156 valence electrons. The first-order chi connectivity index (χ1) is 13.8. The van der Waals surface area contributed by atoms with Gasteiger partial charge in [-0.3, -0.25) is 9.69 Å². The van der Waals surface area contributed by atoms with Crippen molar-refractivity contribution in [2.45, 2.75) is 32.8 Å². The number of hydrogen-bond donors (Lipinski definition) is 0. The molecule has 0 aromatic carbocycles. The zero-order valence-corrected chi connectivity index (χ0v) is 17.1. The van der Waals surface area contributed by atoms with Crippen LogP contribution in [0.2, 0.25) is 0 Å². The van der Waals surface area contributed by atoms with E-state index < -0.39 is 5.60 Å². The molecule has 0 saturated carbocycles. The van der Waals surface area contributed by atoms with Gasteiger partial charge in [-0.25, -0.2) is 9.78 Å². The largest absolute Gasteiger partial charge is 0.444 e. The number of pyridine rings is 1. The number of anilines is 2. The van der Waals surface area contributed by atoms with Crippen LogP contribution in [0, 0.1) is 5.92 Å². The smallest absolute Gasteiger partial charge is 0.410 e. The summed E-state index contributed by atoms with van der Waals surface area (Å²) in [7, 11) is 0. The van der Waals surface area contributed by atoms with Crippen molar-refractivity contribution in [3.63, 3.8) is 0 Å². The van der Waals surface area contributed by atoms with Crippen LogP contribution in [0.3, 0.4) is 0 Å². The highest BCUT2D eigenvalue weighted by atomic mass is 16.6. The summed E-state index contributed by atoms with van der Waals surface area (Å²) in [5, 5.41) is 3.57. The van der Waals surface area contributed by atoms with Crippen molar-refractivity contribution in [1.29, 1.82) is 0 Å². The Labute approximate surface area is 170 Å². The van der Waals surface area contributed by atoms with Gasteiger partial charge < -0.3 is 14.5 Å². The summed E-state index contributed by atoms with van der Waals surface area (Å²) in [5.41, 5.74) is 8.89. The molecule has 0 aliphatic carbocycles. The van der Waals surface area contributed by atoms with Crippen molar-refractivity contribution < 1.29 is 14.3 Å². The molecule has 10 nitrogen and oxygen atoms in total. The summed E-state index contributed by atoms with van der Waals surface area (Å²) in [5.74, 6) is 0.629. The number of rotatable bonds is 4. The summed E-state index contributed by atoms with van der Waals surface area (Å²) >= 11 is 0. The van der Waals surface area contributed by atoms with Gasteiger partial charge in [-0.2, -0.15) is 0 Å². The van der Waals surface area contributed by atoms with E-state index in [1.807, 2.05) is 32.9 Å². The molecule has 0 bridgehead atoms. The molecule has 3 heterocycles. The molecule has 2 amide bonds. The molecule has 0 N–H and O–H groups in total. The first-order valence-electron chi connectivity index (χ1n) is 9.77. The fraction of sp³-hybridized carbons (Fsp3) is 0.632.